The van der Waals surface area contributed by atoms with Crippen molar-refractivity contribution in [2.24, 2.45) is 4.99 Å². The predicted octanol–water partition coefficient (Wildman–Crippen LogP) is 4.05. The Balaban J connectivity index is 1.39. The lowest BCUT2D eigenvalue weighted by molar-refractivity contribution is -0.274. The van der Waals surface area contributed by atoms with Crippen molar-refractivity contribution in [2.75, 3.05) is 56.7 Å². The van der Waals surface area contributed by atoms with Gasteiger partial charge < -0.3 is 19.7 Å². The van der Waals surface area contributed by atoms with Gasteiger partial charge in [-0.3, -0.25) is 19.4 Å². The van der Waals surface area contributed by atoms with Crippen molar-refractivity contribution in [3.8, 4) is 5.75 Å². The fraction of sp³-hybridized carbons (Fsp3) is 0.464. The Morgan fingerprint density at radius 1 is 1.15 bits per heavy atom. The highest BCUT2D eigenvalue weighted by molar-refractivity contribution is 6.03. The minimum absolute atomic E-state index is 0.177. The van der Waals surface area contributed by atoms with E-state index in [1.165, 1.54) is 18.5 Å². The topological polar surface area (TPSA) is 86.7 Å². The summed E-state index contributed by atoms with van der Waals surface area (Å²) in [6.45, 7) is 6.17. The number of aliphatic imine (C=N–C) groups is 1. The summed E-state index contributed by atoms with van der Waals surface area (Å²) in [7, 11) is 2.01. The van der Waals surface area contributed by atoms with Gasteiger partial charge in [-0.15, -0.1) is 13.2 Å². The predicted molar refractivity (Wildman–Crippen MR) is 144 cm³/mol. The van der Waals surface area contributed by atoms with Gasteiger partial charge in [-0.05, 0) is 62.2 Å². The number of nitrogens with zero attached hydrogens (tertiary/aromatic N) is 4. The third kappa shape index (κ3) is 6.13. The fourth-order valence-electron chi connectivity index (χ4n) is 5.00. The van der Waals surface area contributed by atoms with Crippen molar-refractivity contribution >= 4 is 35.7 Å². The molecule has 0 bridgehead atoms. The van der Waals surface area contributed by atoms with E-state index in [1.807, 2.05) is 32.2 Å². The van der Waals surface area contributed by atoms with Crippen LogP contribution in [0.2, 0.25) is 0 Å². The maximum Gasteiger partial charge on any atom is 0.573 e. The largest absolute Gasteiger partial charge is 0.573 e. The Bertz CT molecular complexity index is 1290. The van der Waals surface area contributed by atoms with Crippen LogP contribution in [0.5, 0.6) is 5.75 Å². The van der Waals surface area contributed by atoms with Gasteiger partial charge >= 0.3 is 6.36 Å². The third-order valence-electron chi connectivity index (χ3n) is 7.77. The first-order valence-corrected chi connectivity index (χ1v) is 13.2. The second-order valence-corrected chi connectivity index (χ2v) is 10.5. The highest BCUT2D eigenvalue weighted by Gasteiger charge is 2.55. The first-order valence-electron chi connectivity index (χ1n) is 13.2. The van der Waals surface area contributed by atoms with E-state index in [0.717, 1.165) is 35.2 Å². The average Bonchev–Trinajstić information content (AvgIpc) is 3.68. The summed E-state index contributed by atoms with van der Waals surface area (Å²) < 4.78 is 49.0. The van der Waals surface area contributed by atoms with Gasteiger partial charge in [0.2, 0.25) is 12.3 Å². The van der Waals surface area contributed by atoms with Crippen LogP contribution in [-0.2, 0) is 14.3 Å². The molecule has 40 heavy (non-hydrogen) atoms. The first kappa shape index (κ1) is 28.1. The molecule has 0 radical (unpaired) electrons. The summed E-state index contributed by atoms with van der Waals surface area (Å²) in [5.41, 5.74) is 1.91. The Labute approximate surface area is 230 Å². The zero-order chi connectivity index (χ0) is 28.5. The van der Waals surface area contributed by atoms with E-state index in [1.54, 1.807) is 0 Å². The lowest BCUT2D eigenvalue weighted by atomic mass is 9.96. The van der Waals surface area contributed by atoms with Crippen LogP contribution in [0, 0.1) is 6.92 Å². The summed E-state index contributed by atoms with van der Waals surface area (Å²) in [5, 5.41) is 2.66. The van der Waals surface area contributed by atoms with Crippen LogP contribution in [0.1, 0.15) is 29.9 Å². The standard InChI is InChI=1S/C28H32F3N5O4/c1-19-3-4-20(21-15-39-16-21)13-23(19)32-17-35(18-37)22-5-6-25(40-28(29,30)31)24(14-22)33-26(38)27(7-8-27)36-11-9-34(2)10-12-36/h3-6,13-14,17-18,21H,7-12,15-16H2,1-2H3,(H,33,38)/b32-17-. The van der Waals surface area contributed by atoms with Gasteiger partial charge in [0.1, 0.15) is 11.9 Å². The minimum atomic E-state index is -4.96. The molecule has 0 atom stereocenters. The number of benzene rings is 2. The summed E-state index contributed by atoms with van der Waals surface area (Å²) in [6.07, 6.45) is -1.92. The van der Waals surface area contributed by atoms with Crippen LogP contribution < -0.4 is 15.0 Å². The molecule has 0 unspecified atom stereocenters. The van der Waals surface area contributed by atoms with Crippen LogP contribution in [0.25, 0.3) is 0 Å². The second-order valence-electron chi connectivity index (χ2n) is 10.5. The molecule has 2 aromatic carbocycles. The molecule has 9 nitrogen and oxygen atoms in total. The van der Waals surface area contributed by atoms with Gasteiger partial charge in [-0.25, -0.2) is 4.99 Å². The molecule has 2 aromatic rings. The molecule has 1 N–H and O–H groups in total. The Morgan fingerprint density at radius 3 is 2.48 bits per heavy atom. The lowest BCUT2D eigenvalue weighted by Gasteiger charge is -2.37. The Hall–Kier alpha value is -3.48. The van der Waals surface area contributed by atoms with E-state index in [0.29, 0.717) is 57.2 Å². The summed E-state index contributed by atoms with van der Waals surface area (Å²) in [5.74, 6) is -0.655. The van der Waals surface area contributed by atoms with Crippen LogP contribution in [0.4, 0.5) is 30.2 Å². The highest BCUT2D eigenvalue weighted by Crippen LogP contribution is 2.44. The number of hydrogen-bond acceptors (Lipinski definition) is 7. The number of ether oxygens (including phenoxy) is 2. The maximum atomic E-state index is 13.4. The van der Waals surface area contributed by atoms with E-state index in [2.05, 4.69) is 24.8 Å². The number of carbonyl (C=O) groups is 2. The molecule has 1 aliphatic carbocycles. The number of nitrogens with one attached hydrogen (secondary N) is 1. The fourth-order valence-corrected chi connectivity index (χ4v) is 5.00. The number of aryl methyl sites for hydroxylation is 1. The van der Waals surface area contributed by atoms with E-state index in [9.17, 15) is 22.8 Å². The van der Waals surface area contributed by atoms with Crippen LogP contribution >= 0.6 is 0 Å². The number of hydrogen-bond donors (Lipinski definition) is 1. The van der Waals surface area contributed by atoms with Crippen LogP contribution in [0.15, 0.2) is 41.4 Å². The third-order valence-corrected chi connectivity index (χ3v) is 7.77. The highest BCUT2D eigenvalue weighted by atomic mass is 19.4. The van der Waals surface area contributed by atoms with Gasteiger partial charge in [0.05, 0.1) is 30.3 Å². The summed E-state index contributed by atoms with van der Waals surface area (Å²) in [6, 6.07) is 9.56. The van der Waals surface area contributed by atoms with E-state index in [4.69, 9.17) is 4.74 Å². The number of halogens is 3. The second kappa shape index (κ2) is 11.2. The SMILES string of the molecule is Cc1ccc(C2COC2)cc1/N=C\N(C=O)c1ccc(OC(F)(F)F)c(NC(=O)C2(N3CCN(C)CC3)CC2)c1. The Morgan fingerprint density at radius 2 is 1.88 bits per heavy atom. The van der Waals surface area contributed by atoms with E-state index >= 15 is 0 Å². The molecular formula is C28H32F3N5O4. The number of anilines is 2. The van der Waals surface area contributed by atoms with Gasteiger partial charge in [0.25, 0.3) is 0 Å². The van der Waals surface area contributed by atoms with Crippen molar-refractivity contribution in [1.29, 1.82) is 0 Å². The smallest absolute Gasteiger partial charge is 0.404 e. The van der Waals surface area contributed by atoms with Crippen molar-refractivity contribution in [3.63, 3.8) is 0 Å². The quantitative estimate of drug-likeness (QED) is 0.284. The molecule has 2 heterocycles. The number of likely N-dealkylation sites (N-methyl/N-ethyl adjacent to an activating group) is 1. The molecule has 12 heteroatoms. The van der Waals surface area contributed by atoms with Gasteiger partial charge in [-0.2, -0.15) is 0 Å². The van der Waals surface area contributed by atoms with Crippen molar-refractivity contribution < 1.29 is 32.2 Å². The van der Waals surface area contributed by atoms with Gasteiger partial charge in [-0.1, -0.05) is 12.1 Å². The number of rotatable bonds is 9. The number of carbonyl (C=O) groups excluding carboxylic acids is 2. The molecule has 2 aliphatic heterocycles. The molecular weight excluding hydrogens is 527 g/mol. The zero-order valence-electron chi connectivity index (χ0n) is 22.4. The summed E-state index contributed by atoms with van der Waals surface area (Å²) in [4.78, 5) is 35.2. The van der Waals surface area contributed by atoms with Gasteiger partial charge in [0.15, 0.2) is 5.75 Å². The summed E-state index contributed by atoms with van der Waals surface area (Å²) >= 11 is 0. The molecule has 1 saturated carbocycles. The molecule has 0 aromatic heterocycles. The lowest BCUT2D eigenvalue weighted by Crippen LogP contribution is -2.54. The van der Waals surface area contributed by atoms with Crippen LogP contribution in [-0.4, -0.2) is 86.8 Å². The van der Waals surface area contributed by atoms with Crippen molar-refractivity contribution in [1.82, 2.24) is 9.80 Å². The minimum Gasteiger partial charge on any atom is -0.404 e. The molecule has 2 amide bonds. The molecule has 5 rings (SSSR count). The normalized spacial score (nSPS) is 19.7. The molecule has 214 valence electrons. The van der Waals surface area contributed by atoms with Crippen molar-refractivity contribution in [2.45, 2.75) is 37.6 Å². The zero-order valence-corrected chi connectivity index (χ0v) is 22.4. The molecule has 3 fully saturated rings. The van der Waals surface area contributed by atoms with Crippen molar-refractivity contribution in [3.05, 3.63) is 47.5 Å². The first-order chi connectivity index (χ1) is 19.1. The molecule has 3 aliphatic rings. The van der Waals surface area contributed by atoms with Gasteiger partial charge in [0, 0.05) is 32.1 Å². The maximum absolute atomic E-state index is 13.4. The monoisotopic (exact) mass is 559 g/mol. The van der Waals surface area contributed by atoms with E-state index < -0.39 is 17.7 Å². The number of amides is 2. The number of alkyl halides is 3. The average molecular weight is 560 g/mol. The molecule has 2 saturated heterocycles. The van der Waals surface area contributed by atoms with E-state index in [-0.39, 0.29) is 17.3 Å². The Kier molecular flexibility index (Phi) is 7.85. The molecule has 0 spiro atoms. The number of piperazine rings is 1. The van der Waals surface area contributed by atoms with Crippen LogP contribution in [0.3, 0.4) is 0 Å².